The summed E-state index contributed by atoms with van der Waals surface area (Å²) in [6.07, 6.45) is 3.57. The van der Waals surface area contributed by atoms with Gasteiger partial charge in [0.05, 0.1) is 0 Å². The molecule has 0 spiro atoms. The molecule has 0 atom stereocenters. The van der Waals surface area contributed by atoms with Crippen LogP contribution in [0.1, 0.15) is 33.3 Å². The molecular formula is C25H38N4. The predicted octanol–water partition coefficient (Wildman–Crippen LogP) is 5.56. The minimum Gasteiger partial charge on any atom is -0.345 e. The summed E-state index contributed by atoms with van der Waals surface area (Å²) in [5, 5.41) is 0. The number of H-pyrrole nitrogens is 1. The van der Waals surface area contributed by atoms with E-state index in [1.165, 1.54) is 31.7 Å². The Morgan fingerprint density at radius 1 is 0.793 bits per heavy atom. The molecule has 0 radical (unpaired) electrons. The van der Waals surface area contributed by atoms with E-state index < -0.39 is 0 Å². The lowest BCUT2D eigenvalue weighted by atomic mass is 10.2. The second-order valence-corrected chi connectivity index (χ2v) is 6.37. The molecule has 0 bridgehead atoms. The van der Waals surface area contributed by atoms with Crippen molar-refractivity contribution in [3.8, 4) is 11.4 Å². The fraction of sp³-hybridized carbons (Fsp3) is 0.400. The van der Waals surface area contributed by atoms with Gasteiger partial charge in [-0.25, -0.2) is 4.98 Å². The zero-order valence-electron chi connectivity index (χ0n) is 18.8. The van der Waals surface area contributed by atoms with Crippen LogP contribution in [0.3, 0.4) is 0 Å². The first-order chi connectivity index (χ1) is 14.3. The van der Waals surface area contributed by atoms with Crippen LogP contribution >= 0.6 is 0 Å². The number of nitrogens with one attached hydrogen (secondary N) is 1. The minimum atomic E-state index is 0.922. The van der Waals surface area contributed by atoms with Crippen LogP contribution in [0.15, 0.2) is 73.1 Å². The Balaban J connectivity index is 0.000000252. The molecule has 29 heavy (non-hydrogen) atoms. The first kappa shape index (κ1) is 24.6. The molecule has 0 aliphatic carbocycles. The molecule has 4 heteroatoms. The average Bonchev–Trinajstić information content (AvgIpc) is 3.35. The number of hydrogen-bond acceptors (Lipinski definition) is 3. The number of rotatable bonds is 3. The topological polar surface area (TPSA) is 35.2 Å². The van der Waals surface area contributed by atoms with Crippen molar-refractivity contribution in [3.05, 3.63) is 78.6 Å². The largest absolute Gasteiger partial charge is 0.345 e. The molecule has 4 nitrogen and oxygen atoms in total. The molecule has 0 amide bonds. The van der Waals surface area contributed by atoms with Crippen molar-refractivity contribution in [3.63, 3.8) is 0 Å². The number of nitrogens with zero attached hydrogens (tertiary/aromatic N) is 3. The van der Waals surface area contributed by atoms with Crippen LogP contribution in [0.5, 0.6) is 0 Å². The summed E-state index contributed by atoms with van der Waals surface area (Å²) >= 11 is 0. The number of imidazole rings is 1. The van der Waals surface area contributed by atoms with Crippen molar-refractivity contribution in [1.29, 1.82) is 0 Å². The van der Waals surface area contributed by atoms with Crippen molar-refractivity contribution in [2.24, 2.45) is 0 Å². The first-order valence-electron chi connectivity index (χ1n) is 10.8. The van der Waals surface area contributed by atoms with Gasteiger partial charge >= 0.3 is 0 Å². The third-order valence-corrected chi connectivity index (χ3v) is 4.39. The SMILES string of the molecule is CC.CC.CN1CCN(Cc2ccccc2)CC1.c1ccc(-c2ncc[nH]2)cc1. The summed E-state index contributed by atoms with van der Waals surface area (Å²) in [6, 6.07) is 20.8. The van der Waals surface area contributed by atoms with E-state index in [1.807, 2.05) is 64.2 Å². The summed E-state index contributed by atoms with van der Waals surface area (Å²) in [6.45, 7) is 13.9. The third kappa shape index (κ3) is 9.55. The molecule has 3 aromatic rings. The summed E-state index contributed by atoms with van der Waals surface area (Å²) in [4.78, 5) is 12.1. The van der Waals surface area contributed by atoms with Crippen LogP contribution < -0.4 is 0 Å². The average molecular weight is 395 g/mol. The van der Waals surface area contributed by atoms with E-state index >= 15 is 0 Å². The van der Waals surface area contributed by atoms with Crippen LogP contribution in [0.25, 0.3) is 11.4 Å². The number of piperazine rings is 1. The highest BCUT2D eigenvalue weighted by Gasteiger charge is 2.13. The summed E-state index contributed by atoms with van der Waals surface area (Å²) < 4.78 is 0. The van der Waals surface area contributed by atoms with E-state index in [2.05, 4.69) is 57.1 Å². The highest BCUT2D eigenvalue weighted by atomic mass is 15.2. The molecule has 0 saturated carbocycles. The van der Waals surface area contributed by atoms with Crippen molar-refractivity contribution in [2.45, 2.75) is 34.2 Å². The second-order valence-electron chi connectivity index (χ2n) is 6.37. The number of aromatic nitrogens is 2. The Labute approximate surface area is 177 Å². The van der Waals surface area contributed by atoms with Gasteiger partial charge in [0.1, 0.15) is 5.82 Å². The highest BCUT2D eigenvalue weighted by molar-refractivity contribution is 5.53. The van der Waals surface area contributed by atoms with Crippen molar-refractivity contribution < 1.29 is 0 Å². The van der Waals surface area contributed by atoms with Crippen LogP contribution in [-0.4, -0.2) is 53.0 Å². The fourth-order valence-electron chi connectivity index (χ4n) is 2.87. The van der Waals surface area contributed by atoms with Crippen LogP contribution in [0.2, 0.25) is 0 Å². The van der Waals surface area contributed by atoms with Crippen LogP contribution in [-0.2, 0) is 6.54 Å². The van der Waals surface area contributed by atoms with Crippen molar-refractivity contribution in [1.82, 2.24) is 19.8 Å². The molecule has 1 N–H and O–H groups in total. The lowest BCUT2D eigenvalue weighted by molar-refractivity contribution is 0.148. The van der Waals surface area contributed by atoms with Crippen LogP contribution in [0, 0.1) is 0 Å². The molecule has 4 rings (SSSR count). The van der Waals surface area contributed by atoms with E-state index in [0.29, 0.717) is 0 Å². The van der Waals surface area contributed by atoms with Gasteiger partial charge in [-0.05, 0) is 12.6 Å². The summed E-state index contributed by atoms with van der Waals surface area (Å²) in [5.74, 6) is 0.922. The zero-order valence-corrected chi connectivity index (χ0v) is 18.8. The van der Waals surface area contributed by atoms with Gasteiger partial charge in [-0.2, -0.15) is 0 Å². The van der Waals surface area contributed by atoms with E-state index in [0.717, 1.165) is 17.9 Å². The van der Waals surface area contributed by atoms with Gasteiger partial charge in [0.2, 0.25) is 0 Å². The molecule has 1 saturated heterocycles. The number of hydrogen-bond donors (Lipinski definition) is 1. The predicted molar refractivity (Wildman–Crippen MR) is 126 cm³/mol. The summed E-state index contributed by atoms with van der Waals surface area (Å²) in [7, 11) is 2.19. The monoisotopic (exact) mass is 394 g/mol. The maximum atomic E-state index is 4.13. The number of benzene rings is 2. The van der Waals surface area contributed by atoms with Crippen LogP contribution in [0.4, 0.5) is 0 Å². The van der Waals surface area contributed by atoms with Crippen molar-refractivity contribution >= 4 is 0 Å². The molecule has 158 valence electrons. The van der Waals surface area contributed by atoms with Gasteiger partial charge in [-0.1, -0.05) is 88.4 Å². The molecule has 1 fully saturated rings. The van der Waals surface area contributed by atoms with E-state index in [-0.39, 0.29) is 0 Å². The van der Waals surface area contributed by atoms with E-state index in [1.54, 1.807) is 6.20 Å². The standard InChI is InChI=1S/C12H18N2.C9H8N2.2C2H6/c1-13-7-9-14(10-8-13)11-12-5-3-2-4-6-12;1-2-4-8(5-3-1)9-10-6-7-11-9;2*1-2/h2-6H,7-11H2,1H3;1-7H,(H,10,11);2*1-2H3. The molecule has 2 heterocycles. The van der Waals surface area contributed by atoms with Gasteiger partial charge in [0.15, 0.2) is 0 Å². The Morgan fingerprint density at radius 2 is 1.34 bits per heavy atom. The Bertz CT molecular complexity index is 703. The fourth-order valence-corrected chi connectivity index (χ4v) is 2.87. The van der Waals surface area contributed by atoms with E-state index in [4.69, 9.17) is 0 Å². The molecule has 1 aliphatic heterocycles. The van der Waals surface area contributed by atoms with Gasteiger partial charge in [-0.15, -0.1) is 0 Å². The summed E-state index contributed by atoms with van der Waals surface area (Å²) in [5.41, 5.74) is 2.55. The number of aromatic amines is 1. The van der Waals surface area contributed by atoms with Gasteiger partial charge in [0.25, 0.3) is 0 Å². The quantitative estimate of drug-likeness (QED) is 0.631. The Hall–Kier alpha value is -2.43. The minimum absolute atomic E-state index is 0.922. The van der Waals surface area contributed by atoms with E-state index in [9.17, 15) is 0 Å². The maximum Gasteiger partial charge on any atom is 0.137 e. The van der Waals surface area contributed by atoms with Gasteiger partial charge < -0.3 is 9.88 Å². The first-order valence-corrected chi connectivity index (χ1v) is 10.8. The molecule has 1 aliphatic rings. The van der Waals surface area contributed by atoms with Gasteiger partial charge in [-0.3, -0.25) is 4.90 Å². The normalized spacial score (nSPS) is 13.7. The lowest BCUT2D eigenvalue weighted by Crippen LogP contribution is -2.43. The third-order valence-electron chi connectivity index (χ3n) is 4.39. The highest BCUT2D eigenvalue weighted by Crippen LogP contribution is 2.12. The number of likely N-dealkylation sites (N-methyl/N-ethyl adjacent to an activating group) is 1. The smallest absolute Gasteiger partial charge is 0.137 e. The molecule has 0 unspecified atom stereocenters. The lowest BCUT2D eigenvalue weighted by Gasteiger charge is -2.32. The Kier molecular flexibility index (Phi) is 13.1. The maximum absolute atomic E-state index is 4.13. The zero-order chi connectivity index (χ0) is 21.3. The van der Waals surface area contributed by atoms with Crippen molar-refractivity contribution in [2.75, 3.05) is 33.2 Å². The second kappa shape index (κ2) is 15.5. The molecule has 2 aromatic carbocycles. The molecular weight excluding hydrogens is 356 g/mol. The Morgan fingerprint density at radius 3 is 1.86 bits per heavy atom. The van der Waals surface area contributed by atoms with Gasteiger partial charge in [0, 0.05) is 50.7 Å². The molecule has 1 aromatic heterocycles.